The van der Waals surface area contributed by atoms with Gasteiger partial charge in [-0.25, -0.2) is 14.8 Å². The third-order valence-corrected chi connectivity index (χ3v) is 4.43. The number of rotatable bonds is 5. The number of hydrogen-bond donors (Lipinski definition) is 1. The quantitative estimate of drug-likeness (QED) is 0.509. The van der Waals surface area contributed by atoms with Gasteiger partial charge in [-0.15, -0.1) is 0 Å². The summed E-state index contributed by atoms with van der Waals surface area (Å²) in [6.07, 6.45) is 13.9. The highest BCUT2D eigenvalue weighted by molar-refractivity contribution is 5.78. The molecule has 0 spiro atoms. The monoisotopic (exact) mass is 404 g/mol. The molecule has 0 aromatic carbocycles. The normalized spacial score (nSPS) is 10.8. The SMILES string of the molecule is CCOC(=O)C(C)(C)n1cnc(-c2cccnc2)c1.c1cncc(-c2cnc[nH]2)c1. The number of imidazole rings is 2. The first-order chi connectivity index (χ1) is 14.5. The van der Waals surface area contributed by atoms with Crippen LogP contribution >= 0.6 is 0 Å². The number of carbonyl (C=O) groups excluding carboxylic acids is 1. The van der Waals surface area contributed by atoms with E-state index in [1.807, 2.05) is 30.5 Å². The molecule has 0 bridgehead atoms. The molecule has 4 heterocycles. The zero-order chi connectivity index (χ0) is 21.4. The topological polar surface area (TPSA) is 98.6 Å². The van der Waals surface area contributed by atoms with Gasteiger partial charge in [0.1, 0.15) is 5.54 Å². The standard InChI is InChI=1S/C14H17N3O2.C8H7N3/c1-4-19-13(18)14(2,3)17-9-12(16-10-17)11-6-5-7-15-8-11;1-2-7(4-9-3-1)8-5-10-6-11-8/h5-10H,4H2,1-3H3;1-6H,(H,10,11). The van der Waals surface area contributed by atoms with Crippen molar-refractivity contribution >= 4 is 5.97 Å². The minimum absolute atomic E-state index is 0.273. The number of carbonyl (C=O) groups is 1. The van der Waals surface area contributed by atoms with E-state index in [4.69, 9.17) is 4.74 Å². The maximum atomic E-state index is 11.9. The van der Waals surface area contributed by atoms with Crippen molar-refractivity contribution in [3.05, 3.63) is 74.1 Å². The van der Waals surface area contributed by atoms with E-state index in [1.54, 1.807) is 69.0 Å². The lowest BCUT2D eigenvalue weighted by Gasteiger charge is -2.23. The molecule has 154 valence electrons. The van der Waals surface area contributed by atoms with Gasteiger partial charge < -0.3 is 14.3 Å². The number of ether oxygens (including phenoxy) is 1. The molecule has 8 heteroatoms. The van der Waals surface area contributed by atoms with Crippen LogP contribution in [0, 0.1) is 0 Å². The average Bonchev–Trinajstić information content (AvgIpc) is 3.48. The number of hydrogen-bond acceptors (Lipinski definition) is 6. The van der Waals surface area contributed by atoms with Gasteiger partial charge in [0.25, 0.3) is 0 Å². The average molecular weight is 404 g/mol. The summed E-state index contributed by atoms with van der Waals surface area (Å²) in [4.78, 5) is 31.2. The predicted molar refractivity (Wildman–Crippen MR) is 113 cm³/mol. The van der Waals surface area contributed by atoms with Crippen molar-refractivity contribution in [1.82, 2.24) is 29.5 Å². The molecule has 0 saturated heterocycles. The van der Waals surface area contributed by atoms with Gasteiger partial charge in [0.2, 0.25) is 0 Å². The van der Waals surface area contributed by atoms with Crippen molar-refractivity contribution in [3.8, 4) is 22.5 Å². The Hall–Kier alpha value is -3.81. The summed E-state index contributed by atoms with van der Waals surface area (Å²) in [5, 5.41) is 0. The largest absolute Gasteiger partial charge is 0.464 e. The maximum Gasteiger partial charge on any atom is 0.331 e. The van der Waals surface area contributed by atoms with E-state index in [9.17, 15) is 4.79 Å². The van der Waals surface area contributed by atoms with Crippen LogP contribution in [0.5, 0.6) is 0 Å². The summed E-state index contributed by atoms with van der Waals surface area (Å²) in [6, 6.07) is 7.67. The molecular formula is C22H24N6O2. The van der Waals surface area contributed by atoms with E-state index in [0.29, 0.717) is 6.61 Å². The van der Waals surface area contributed by atoms with Crippen LogP contribution in [0.3, 0.4) is 0 Å². The number of nitrogens with zero attached hydrogens (tertiary/aromatic N) is 5. The molecule has 0 aliphatic heterocycles. The van der Waals surface area contributed by atoms with Crippen LogP contribution < -0.4 is 0 Å². The number of H-pyrrole nitrogens is 1. The molecular weight excluding hydrogens is 380 g/mol. The summed E-state index contributed by atoms with van der Waals surface area (Å²) in [6.45, 7) is 5.77. The van der Waals surface area contributed by atoms with Crippen molar-refractivity contribution < 1.29 is 9.53 Å². The number of nitrogens with one attached hydrogen (secondary N) is 1. The van der Waals surface area contributed by atoms with Gasteiger partial charge in [0, 0.05) is 42.1 Å². The lowest BCUT2D eigenvalue weighted by Crippen LogP contribution is -2.36. The second-order valence-electron chi connectivity index (χ2n) is 6.89. The summed E-state index contributed by atoms with van der Waals surface area (Å²) in [7, 11) is 0. The fourth-order valence-electron chi connectivity index (χ4n) is 2.64. The highest BCUT2D eigenvalue weighted by Gasteiger charge is 2.31. The maximum absolute atomic E-state index is 11.9. The van der Waals surface area contributed by atoms with E-state index < -0.39 is 5.54 Å². The Balaban J connectivity index is 0.000000196. The van der Waals surface area contributed by atoms with Gasteiger partial charge in [-0.05, 0) is 45.0 Å². The van der Waals surface area contributed by atoms with Crippen molar-refractivity contribution in [3.63, 3.8) is 0 Å². The molecule has 1 N–H and O–H groups in total. The lowest BCUT2D eigenvalue weighted by atomic mass is 10.1. The Bertz CT molecular complexity index is 1040. The minimum atomic E-state index is -0.774. The van der Waals surface area contributed by atoms with Crippen LogP contribution in [0.25, 0.3) is 22.5 Å². The van der Waals surface area contributed by atoms with Gasteiger partial charge in [-0.3, -0.25) is 9.97 Å². The van der Waals surface area contributed by atoms with E-state index in [-0.39, 0.29) is 5.97 Å². The Morgan fingerprint density at radius 3 is 2.33 bits per heavy atom. The minimum Gasteiger partial charge on any atom is -0.464 e. The van der Waals surface area contributed by atoms with Gasteiger partial charge in [-0.1, -0.05) is 0 Å². The Labute approximate surface area is 175 Å². The van der Waals surface area contributed by atoms with Crippen LogP contribution in [0.1, 0.15) is 20.8 Å². The molecule has 0 saturated carbocycles. The van der Waals surface area contributed by atoms with Crippen LogP contribution in [0.15, 0.2) is 74.1 Å². The first-order valence-electron chi connectivity index (χ1n) is 9.53. The Morgan fingerprint density at radius 2 is 1.77 bits per heavy atom. The number of aromatic amines is 1. The van der Waals surface area contributed by atoms with Gasteiger partial charge in [-0.2, -0.15) is 0 Å². The number of pyridine rings is 2. The smallest absolute Gasteiger partial charge is 0.331 e. The van der Waals surface area contributed by atoms with Crippen LogP contribution in [0.2, 0.25) is 0 Å². The first kappa shape index (κ1) is 20.9. The molecule has 4 aromatic rings. The van der Waals surface area contributed by atoms with Crippen LogP contribution in [-0.4, -0.2) is 42.1 Å². The highest BCUT2D eigenvalue weighted by Crippen LogP contribution is 2.22. The van der Waals surface area contributed by atoms with Crippen molar-refractivity contribution in [1.29, 1.82) is 0 Å². The molecule has 0 atom stereocenters. The second-order valence-corrected chi connectivity index (χ2v) is 6.89. The highest BCUT2D eigenvalue weighted by atomic mass is 16.5. The Kier molecular flexibility index (Phi) is 6.69. The molecule has 0 amide bonds. The van der Waals surface area contributed by atoms with Gasteiger partial charge >= 0.3 is 5.97 Å². The van der Waals surface area contributed by atoms with Crippen molar-refractivity contribution in [2.75, 3.05) is 6.61 Å². The Morgan fingerprint density at radius 1 is 1.07 bits per heavy atom. The zero-order valence-electron chi connectivity index (χ0n) is 17.2. The third-order valence-electron chi connectivity index (χ3n) is 4.43. The second kappa shape index (κ2) is 9.60. The molecule has 0 aliphatic carbocycles. The number of esters is 1. The molecule has 0 aliphatic rings. The van der Waals surface area contributed by atoms with E-state index in [2.05, 4.69) is 24.9 Å². The molecule has 0 radical (unpaired) electrons. The van der Waals surface area contributed by atoms with Gasteiger partial charge in [0.05, 0.1) is 36.8 Å². The first-order valence-corrected chi connectivity index (χ1v) is 9.53. The van der Waals surface area contributed by atoms with E-state index >= 15 is 0 Å². The third kappa shape index (κ3) is 4.96. The van der Waals surface area contributed by atoms with Crippen LogP contribution in [0.4, 0.5) is 0 Å². The lowest BCUT2D eigenvalue weighted by molar-refractivity contribution is -0.152. The summed E-state index contributed by atoms with van der Waals surface area (Å²) < 4.78 is 6.83. The van der Waals surface area contributed by atoms with Crippen LogP contribution in [-0.2, 0) is 15.1 Å². The fraction of sp³-hybridized carbons (Fsp3) is 0.227. The molecule has 4 rings (SSSR count). The summed E-state index contributed by atoms with van der Waals surface area (Å²) in [5.41, 5.74) is 2.98. The number of aromatic nitrogens is 6. The molecule has 4 aromatic heterocycles. The molecule has 0 unspecified atom stereocenters. The summed E-state index contributed by atoms with van der Waals surface area (Å²) >= 11 is 0. The van der Waals surface area contributed by atoms with Crippen molar-refractivity contribution in [2.24, 2.45) is 0 Å². The summed E-state index contributed by atoms with van der Waals surface area (Å²) in [5.74, 6) is -0.273. The predicted octanol–water partition coefficient (Wildman–Crippen LogP) is 3.72. The zero-order valence-corrected chi connectivity index (χ0v) is 17.2. The molecule has 30 heavy (non-hydrogen) atoms. The van der Waals surface area contributed by atoms with Crippen molar-refractivity contribution in [2.45, 2.75) is 26.3 Å². The molecule has 8 nitrogen and oxygen atoms in total. The fourth-order valence-corrected chi connectivity index (χ4v) is 2.64. The van der Waals surface area contributed by atoms with E-state index in [0.717, 1.165) is 22.5 Å². The molecule has 0 fully saturated rings. The van der Waals surface area contributed by atoms with E-state index in [1.165, 1.54) is 0 Å². The van der Waals surface area contributed by atoms with Gasteiger partial charge in [0.15, 0.2) is 0 Å².